The fourth-order valence-corrected chi connectivity index (χ4v) is 2.70. The van der Waals surface area contributed by atoms with Gasteiger partial charge in [-0.1, -0.05) is 6.92 Å². The minimum Gasteiger partial charge on any atom is -0.478 e. The highest BCUT2D eigenvalue weighted by Gasteiger charge is 2.01. The Kier molecular flexibility index (Phi) is 4.76. The molecule has 0 aliphatic heterocycles. The summed E-state index contributed by atoms with van der Waals surface area (Å²) in [4.78, 5) is 11.6. The lowest BCUT2D eigenvalue weighted by Gasteiger charge is -1.96. The van der Waals surface area contributed by atoms with E-state index in [4.69, 9.17) is 5.11 Å². The number of hydrogen-bond donors (Lipinski definition) is 1. The first-order valence-electron chi connectivity index (χ1n) is 4.29. The fourth-order valence-electron chi connectivity index (χ4n) is 0.972. The second kappa shape index (κ2) is 5.88. The van der Waals surface area contributed by atoms with Crippen LogP contribution in [0, 0.1) is 0 Å². The van der Waals surface area contributed by atoms with Crippen molar-refractivity contribution < 1.29 is 9.90 Å². The Bertz CT molecular complexity index is 329. The minimum atomic E-state index is -0.898. The van der Waals surface area contributed by atoms with Crippen LogP contribution in [0.4, 0.5) is 0 Å². The lowest BCUT2D eigenvalue weighted by atomic mass is 10.2. The van der Waals surface area contributed by atoms with Crippen LogP contribution in [0.5, 0.6) is 0 Å². The predicted molar refractivity (Wildman–Crippen MR) is 62.8 cm³/mol. The van der Waals surface area contributed by atoms with Crippen molar-refractivity contribution in [1.82, 2.24) is 0 Å². The molecule has 0 aliphatic carbocycles. The molecule has 0 spiro atoms. The maximum Gasteiger partial charge on any atom is 0.328 e. The topological polar surface area (TPSA) is 37.3 Å². The number of thioether (sulfide) groups is 1. The van der Waals surface area contributed by atoms with Crippen molar-refractivity contribution in [1.29, 1.82) is 0 Å². The average Bonchev–Trinajstić information content (AvgIpc) is 2.58. The molecule has 0 aromatic carbocycles. The molecule has 0 bridgehead atoms. The predicted octanol–water partition coefficient (Wildman–Crippen LogP) is 3.10. The van der Waals surface area contributed by atoms with Crippen LogP contribution in [0.2, 0.25) is 0 Å². The quantitative estimate of drug-likeness (QED) is 0.787. The molecule has 76 valence electrons. The van der Waals surface area contributed by atoms with Crippen molar-refractivity contribution in [2.45, 2.75) is 12.7 Å². The second-order valence-electron chi connectivity index (χ2n) is 2.61. The zero-order valence-electron chi connectivity index (χ0n) is 7.90. The van der Waals surface area contributed by atoms with E-state index >= 15 is 0 Å². The van der Waals surface area contributed by atoms with Crippen LogP contribution in [-0.4, -0.2) is 16.8 Å². The highest BCUT2D eigenvalue weighted by Crippen LogP contribution is 2.23. The van der Waals surface area contributed by atoms with Crippen LogP contribution in [0.1, 0.15) is 17.4 Å². The van der Waals surface area contributed by atoms with Crippen LogP contribution < -0.4 is 0 Å². The first-order valence-corrected chi connectivity index (χ1v) is 6.32. The van der Waals surface area contributed by atoms with E-state index in [-0.39, 0.29) is 0 Å². The Morgan fingerprint density at radius 2 is 2.50 bits per heavy atom. The maximum atomic E-state index is 10.3. The van der Waals surface area contributed by atoms with Gasteiger partial charge in [-0.05, 0) is 28.8 Å². The zero-order chi connectivity index (χ0) is 10.4. The number of rotatable bonds is 5. The van der Waals surface area contributed by atoms with E-state index in [9.17, 15) is 4.79 Å². The third-order valence-corrected chi connectivity index (χ3v) is 3.64. The molecule has 4 heteroatoms. The zero-order valence-corrected chi connectivity index (χ0v) is 9.53. The van der Waals surface area contributed by atoms with Gasteiger partial charge in [-0.2, -0.15) is 11.8 Å². The van der Waals surface area contributed by atoms with Gasteiger partial charge in [0.15, 0.2) is 0 Å². The SMILES string of the molecule is CCSCc1sccc1C=CC(=O)O. The Balaban J connectivity index is 2.67. The molecule has 0 radical (unpaired) electrons. The molecule has 1 aromatic rings. The summed E-state index contributed by atoms with van der Waals surface area (Å²) in [6.07, 6.45) is 2.84. The summed E-state index contributed by atoms with van der Waals surface area (Å²) < 4.78 is 0. The van der Waals surface area contributed by atoms with E-state index in [0.717, 1.165) is 17.1 Å². The second-order valence-corrected chi connectivity index (χ2v) is 4.88. The summed E-state index contributed by atoms with van der Waals surface area (Å²) in [5, 5.41) is 10.5. The minimum absolute atomic E-state index is 0.898. The van der Waals surface area contributed by atoms with Crippen LogP contribution in [0.3, 0.4) is 0 Å². The molecule has 14 heavy (non-hydrogen) atoms. The summed E-state index contributed by atoms with van der Waals surface area (Å²) in [5.41, 5.74) is 1.03. The van der Waals surface area contributed by atoms with Crippen molar-refractivity contribution >= 4 is 35.1 Å². The molecule has 0 amide bonds. The van der Waals surface area contributed by atoms with Gasteiger partial charge < -0.3 is 5.11 Å². The molecular formula is C10H12O2S2. The molecule has 0 fully saturated rings. The highest BCUT2D eigenvalue weighted by molar-refractivity contribution is 7.98. The number of carboxylic acids is 1. The van der Waals surface area contributed by atoms with E-state index in [1.54, 1.807) is 17.4 Å². The molecule has 0 saturated carbocycles. The monoisotopic (exact) mass is 228 g/mol. The molecule has 1 rings (SSSR count). The highest BCUT2D eigenvalue weighted by atomic mass is 32.2. The average molecular weight is 228 g/mol. The molecule has 0 unspecified atom stereocenters. The van der Waals surface area contributed by atoms with Crippen molar-refractivity contribution in [3.63, 3.8) is 0 Å². The Morgan fingerprint density at radius 1 is 1.71 bits per heavy atom. The van der Waals surface area contributed by atoms with Crippen molar-refractivity contribution in [2.24, 2.45) is 0 Å². The van der Waals surface area contributed by atoms with Crippen molar-refractivity contribution in [2.75, 3.05) is 5.75 Å². The van der Waals surface area contributed by atoms with Crippen LogP contribution >= 0.6 is 23.1 Å². The van der Waals surface area contributed by atoms with Gasteiger partial charge in [0.05, 0.1) is 0 Å². The number of carboxylic acid groups (broad SMARTS) is 1. The van der Waals surface area contributed by atoms with E-state index < -0.39 is 5.97 Å². The molecule has 0 aliphatic rings. The standard InChI is InChI=1S/C10H12O2S2/c1-2-13-7-9-8(5-6-14-9)3-4-10(11)12/h3-6H,2,7H2,1H3,(H,11,12). The summed E-state index contributed by atoms with van der Waals surface area (Å²) in [7, 11) is 0. The number of aliphatic carboxylic acids is 1. The third kappa shape index (κ3) is 3.55. The van der Waals surface area contributed by atoms with Gasteiger partial charge in [-0.25, -0.2) is 4.79 Å². The summed E-state index contributed by atoms with van der Waals surface area (Å²) >= 11 is 3.52. The molecule has 1 aromatic heterocycles. The smallest absolute Gasteiger partial charge is 0.328 e. The van der Waals surface area contributed by atoms with Gasteiger partial charge in [0.25, 0.3) is 0 Å². The van der Waals surface area contributed by atoms with Gasteiger partial charge >= 0.3 is 5.97 Å². The Morgan fingerprint density at radius 3 is 3.14 bits per heavy atom. The largest absolute Gasteiger partial charge is 0.478 e. The van der Waals surface area contributed by atoms with E-state index in [1.165, 1.54) is 11.0 Å². The summed E-state index contributed by atoms with van der Waals surface area (Å²) in [6, 6.07) is 1.95. The number of thiophene rings is 1. The molecule has 1 heterocycles. The molecule has 2 nitrogen and oxygen atoms in total. The van der Waals surface area contributed by atoms with Gasteiger partial charge in [0.1, 0.15) is 0 Å². The first-order chi connectivity index (χ1) is 6.74. The summed E-state index contributed by atoms with van der Waals surface area (Å²) in [5.74, 6) is 1.15. The Hall–Kier alpha value is -0.740. The Labute approximate surface area is 91.7 Å². The fraction of sp³-hybridized carbons (Fsp3) is 0.300. The van der Waals surface area contributed by atoms with Gasteiger partial charge in [0.2, 0.25) is 0 Å². The van der Waals surface area contributed by atoms with Gasteiger partial charge in [0, 0.05) is 16.7 Å². The van der Waals surface area contributed by atoms with Crippen molar-refractivity contribution in [3.8, 4) is 0 Å². The molecule has 0 atom stereocenters. The number of carbonyl (C=O) groups is 1. The van der Waals surface area contributed by atoms with Gasteiger partial charge in [-0.15, -0.1) is 11.3 Å². The lowest BCUT2D eigenvalue weighted by molar-refractivity contribution is -0.131. The molecule has 1 N–H and O–H groups in total. The van der Waals surface area contributed by atoms with Crippen LogP contribution in [0.15, 0.2) is 17.5 Å². The maximum absolute atomic E-state index is 10.3. The van der Waals surface area contributed by atoms with E-state index in [1.807, 2.05) is 23.2 Å². The lowest BCUT2D eigenvalue weighted by Crippen LogP contribution is -1.86. The van der Waals surface area contributed by atoms with Crippen LogP contribution in [-0.2, 0) is 10.5 Å². The normalized spacial score (nSPS) is 10.9. The molecule has 0 saturated heterocycles. The number of hydrogen-bond acceptors (Lipinski definition) is 3. The van der Waals surface area contributed by atoms with E-state index in [2.05, 4.69) is 6.92 Å². The van der Waals surface area contributed by atoms with Gasteiger partial charge in [-0.3, -0.25) is 0 Å². The van der Waals surface area contributed by atoms with Crippen molar-refractivity contribution in [3.05, 3.63) is 28.0 Å². The van der Waals surface area contributed by atoms with E-state index in [0.29, 0.717) is 0 Å². The summed E-state index contributed by atoms with van der Waals surface area (Å²) in [6.45, 7) is 2.12. The van der Waals surface area contributed by atoms with Crippen LogP contribution in [0.25, 0.3) is 6.08 Å². The molecular weight excluding hydrogens is 216 g/mol. The third-order valence-electron chi connectivity index (χ3n) is 1.62. The first kappa shape index (κ1) is 11.3.